The van der Waals surface area contributed by atoms with Gasteiger partial charge in [0.05, 0.1) is 0 Å². The lowest BCUT2D eigenvalue weighted by atomic mass is 9.70. The molecule has 0 atom stereocenters. The maximum atomic E-state index is 6.06. The first kappa shape index (κ1) is 14.0. The quantitative estimate of drug-likeness (QED) is 0.754. The predicted octanol–water partition coefficient (Wildman–Crippen LogP) is 2.87. The fourth-order valence-corrected chi connectivity index (χ4v) is 2.94. The molecular weight excluding hydrogens is 196 g/mol. The van der Waals surface area contributed by atoms with Gasteiger partial charge in [0, 0.05) is 6.54 Å². The van der Waals surface area contributed by atoms with Crippen LogP contribution in [0.2, 0.25) is 0 Å². The minimum absolute atomic E-state index is 0.428. The van der Waals surface area contributed by atoms with E-state index in [1.807, 2.05) is 0 Å². The number of hydrogen-bond acceptors (Lipinski definition) is 2. The molecule has 0 aromatic rings. The summed E-state index contributed by atoms with van der Waals surface area (Å²) in [7, 11) is 0. The highest BCUT2D eigenvalue weighted by Gasteiger charge is 2.34. The Morgan fingerprint density at radius 2 is 1.88 bits per heavy atom. The van der Waals surface area contributed by atoms with E-state index < -0.39 is 0 Å². The van der Waals surface area contributed by atoms with Gasteiger partial charge >= 0.3 is 0 Å². The van der Waals surface area contributed by atoms with Crippen LogP contribution in [0.1, 0.15) is 52.9 Å². The van der Waals surface area contributed by atoms with Gasteiger partial charge < -0.3 is 10.6 Å². The molecule has 0 bridgehead atoms. The molecule has 0 heterocycles. The van der Waals surface area contributed by atoms with E-state index in [1.54, 1.807) is 0 Å². The minimum Gasteiger partial charge on any atom is -0.330 e. The van der Waals surface area contributed by atoms with Crippen molar-refractivity contribution in [1.82, 2.24) is 4.90 Å². The highest BCUT2D eigenvalue weighted by Crippen LogP contribution is 2.38. The molecule has 0 saturated heterocycles. The molecule has 16 heavy (non-hydrogen) atoms. The molecule has 1 aliphatic carbocycles. The van der Waals surface area contributed by atoms with Crippen molar-refractivity contribution in [2.24, 2.45) is 17.1 Å². The van der Waals surface area contributed by atoms with Gasteiger partial charge in [0.25, 0.3) is 0 Å². The Balaban J connectivity index is 2.51. The van der Waals surface area contributed by atoms with Crippen LogP contribution in [0.5, 0.6) is 0 Å². The van der Waals surface area contributed by atoms with Crippen molar-refractivity contribution >= 4 is 0 Å². The van der Waals surface area contributed by atoms with Crippen LogP contribution in [0.4, 0.5) is 0 Å². The smallest absolute Gasteiger partial charge is 0.00499 e. The fourth-order valence-electron chi connectivity index (χ4n) is 2.94. The summed E-state index contributed by atoms with van der Waals surface area (Å²) in [6, 6.07) is 0. The Bertz CT molecular complexity index is 183. The van der Waals surface area contributed by atoms with E-state index >= 15 is 0 Å². The summed E-state index contributed by atoms with van der Waals surface area (Å²) in [4.78, 5) is 2.59. The van der Waals surface area contributed by atoms with Crippen molar-refractivity contribution in [1.29, 1.82) is 0 Å². The fraction of sp³-hybridized carbons (Fsp3) is 1.00. The third kappa shape index (κ3) is 3.74. The predicted molar refractivity (Wildman–Crippen MR) is 71.5 cm³/mol. The molecule has 96 valence electrons. The van der Waals surface area contributed by atoms with Crippen LogP contribution >= 0.6 is 0 Å². The zero-order valence-corrected chi connectivity index (χ0v) is 11.5. The maximum Gasteiger partial charge on any atom is 0.00499 e. The molecule has 2 nitrogen and oxygen atoms in total. The lowest BCUT2D eigenvalue weighted by molar-refractivity contribution is 0.0975. The van der Waals surface area contributed by atoms with Gasteiger partial charge in [-0.05, 0) is 50.2 Å². The second kappa shape index (κ2) is 6.61. The highest BCUT2D eigenvalue weighted by molar-refractivity contribution is 4.88. The Kier molecular flexibility index (Phi) is 5.77. The summed E-state index contributed by atoms with van der Waals surface area (Å²) in [5.74, 6) is 0.918. The van der Waals surface area contributed by atoms with Crippen LogP contribution in [0, 0.1) is 11.3 Å². The van der Waals surface area contributed by atoms with Gasteiger partial charge in [-0.25, -0.2) is 0 Å². The van der Waals surface area contributed by atoms with E-state index in [0.717, 1.165) is 12.5 Å². The van der Waals surface area contributed by atoms with E-state index in [2.05, 4.69) is 25.7 Å². The van der Waals surface area contributed by atoms with Gasteiger partial charge in [0.2, 0.25) is 0 Å². The van der Waals surface area contributed by atoms with Crippen molar-refractivity contribution in [2.75, 3.05) is 26.2 Å². The monoisotopic (exact) mass is 226 g/mol. The van der Waals surface area contributed by atoms with E-state index in [9.17, 15) is 0 Å². The molecular formula is C14H30N2. The van der Waals surface area contributed by atoms with Crippen molar-refractivity contribution in [3.8, 4) is 0 Å². The van der Waals surface area contributed by atoms with Crippen molar-refractivity contribution in [3.63, 3.8) is 0 Å². The van der Waals surface area contributed by atoms with E-state index in [1.165, 1.54) is 51.7 Å². The van der Waals surface area contributed by atoms with E-state index in [0.29, 0.717) is 5.41 Å². The molecule has 0 spiro atoms. The van der Waals surface area contributed by atoms with Gasteiger partial charge in [-0.15, -0.1) is 0 Å². The third-order valence-corrected chi connectivity index (χ3v) is 4.31. The summed E-state index contributed by atoms with van der Waals surface area (Å²) in [6.07, 6.45) is 6.68. The normalized spacial score (nSPS) is 30.9. The van der Waals surface area contributed by atoms with Crippen molar-refractivity contribution in [3.05, 3.63) is 0 Å². The Labute approximate surface area is 102 Å². The van der Waals surface area contributed by atoms with Gasteiger partial charge in [0.15, 0.2) is 0 Å². The Hall–Kier alpha value is -0.0800. The molecule has 0 amide bonds. The van der Waals surface area contributed by atoms with Gasteiger partial charge in [0.1, 0.15) is 0 Å². The van der Waals surface area contributed by atoms with E-state index in [-0.39, 0.29) is 0 Å². The average Bonchev–Trinajstić information content (AvgIpc) is 2.32. The average molecular weight is 226 g/mol. The van der Waals surface area contributed by atoms with Crippen molar-refractivity contribution < 1.29 is 0 Å². The second-order valence-corrected chi connectivity index (χ2v) is 5.76. The molecule has 1 rings (SSSR count). The molecule has 1 saturated carbocycles. The standard InChI is InChI=1S/C14H30N2/c1-4-10-16(5-2)12-14(11-15)8-6-13(3)7-9-14/h13H,4-12,15H2,1-3H3. The zero-order valence-electron chi connectivity index (χ0n) is 11.5. The van der Waals surface area contributed by atoms with E-state index in [4.69, 9.17) is 5.73 Å². The summed E-state index contributed by atoms with van der Waals surface area (Å²) < 4.78 is 0. The lowest BCUT2D eigenvalue weighted by Gasteiger charge is -2.42. The topological polar surface area (TPSA) is 29.3 Å². The number of nitrogens with two attached hydrogens (primary N) is 1. The molecule has 1 aliphatic rings. The van der Waals surface area contributed by atoms with Crippen LogP contribution in [0.15, 0.2) is 0 Å². The number of hydrogen-bond donors (Lipinski definition) is 1. The molecule has 0 aliphatic heterocycles. The minimum atomic E-state index is 0.428. The molecule has 0 aromatic carbocycles. The van der Waals surface area contributed by atoms with Crippen LogP contribution in [-0.4, -0.2) is 31.1 Å². The van der Waals surface area contributed by atoms with Gasteiger partial charge in [-0.2, -0.15) is 0 Å². The second-order valence-electron chi connectivity index (χ2n) is 5.76. The Morgan fingerprint density at radius 3 is 2.31 bits per heavy atom. The largest absolute Gasteiger partial charge is 0.330 e. The van der Waals surface area contributed by atoms with Gasteiger partial charge in [-0.1, -0.05) is 33.6 Å². The number of nitrogens with zero attached hydrogens (tertiary/aromatic N) is 1. The van der Waals surface area contributed by atoms with Crippen LogP contribution in [-0.2, 0) is 0 Å². The first-order chi connectivity index (χ1) is 7.65. The molecule has 0 aromatic heterocycles. The summed E-state index contributed by atoms with van der Waals surface area (Å²) in [6.45, 7) is 11.4. The maximum absolute atomic E-state index is 6.06. The van der Waals surface area contributed by atoms with Crippen molar-refractivity contribution in [2.45, 2.75) is 52.9 Å². The molecule has 1 fully saturated rings. The number of rotatable bonds is 6. The van der Waals surface area contributed by atoms with Gasteiger partial charge in [-0.3, -0.25) is 0 Å². The third-order valence-electron chi connectivity index (χ3n) is 4.31. The first-order valence-corrected chi connectivity index (χ1v) is 7.08. The molecule has 0 unspecified atom stereocenters. The highest BCUT2D eigenvalue weighted by atomic mass is 15.1. The SMILES string of the molecule is CCCN(CC)CC1(CN)CCC(C)CC1. The lowest BCUT2D eigenvalue weighted by Crippen LogP contribution is -2.45. The Morgan fingerprint density at radius 1 is 1.25 bits per heavy atom. The molecule has 0 radical (unpaired) electrons. The van der Waals surface area contributed by atoms with Crippen LogP contribution < -0.4 is 5.73 Å². The summed E-state index contributed by atoms with van der Waals surface area (Å²) >= 11 is 0. The van der Waals surface area contributed by atoms with Crippen LogP contribution in [0.25, 0.3) is 0 Å². The molecule has 2 N–H and O–H groups in total. The van der Waals surface area contributed by atoms with Crippen LogP contribution in [0.3, 0.4) is 0 Å². The first-order valence-electron chi connectivity index (χ1n) is 7.08. The zero-order chi connectivity index (χ0) is 12.0. The molecule has 2 heteroatoms. The summed E-state index contributed by atoms with van der Waals surface area (Å²) in [5.41, 5.74) is 6.48. The summed E-state index contributed by atoms with van der Waals surface area (Å²) in [5, 5.41) is 0.